The van der Waals surface area contributed by atoms with E-state index < -0.39 is 0 Å². The van der Waals surface area contributed by atoms with Crippen LogP contribution in [0.25, 0.3) is 0 Å². The Labute approximate surface area is 142 Å². The van der Waals surface area contributed by atoms with E-state index in [2.05, 4.69) is 0 Å². The van der Waals surface area contributed by atoms with E-state index in [0.29, 0.717) is 32.1 Å². The van der Waals surface area contributed by atoms with Crippen LogP contribution in [0.3, 0.4) is 0 Å². The van der Waals surface area contributed by atoms with Gasteiger partial charge < -0.3 is 24.0 Å². The Kier molecular flexibility index (Phi) is 6.57. The van der Waals surface area contributed by atoms with Gasteiger partial charge in [-0.15, -0.1) is 0 Å². The number of ether oxygens (including phenoxy) is 3. The van der Waals surface area contributed by atoms with Gasteiger partial charge in [-0.05, 0) is 24.6 Å². The second-order valence-electron chi connectivity index (χ2n) is 5.67. The average molecular weight is 336 g/mol. The first-order chi connectivity index (χ1) is 11.5. The second kappa shape index (κ2) is 8.65. The summed E-state index contributed by atoms with van der Waals surface area (Å²) in [5, 5.41) is 0. The number of hydrogen-bond donors (Lipinski definition) is 0. The van der Waals surface area contributed by atoms with Gasteiger partial charge in [0.15, 0.2) is 5.75 Å². The highest BCUT2D eigenvalue weighted by Crippen LogP contribution is 2.32. The van der Waals surface area contributed by atoms with Gasteiger partial charge in [0.2, 0.25) is 5.91 Å². The number of benzene rings is 1. The van der Waals surface area contributed by atoms with Crippen molar-refractivity contribution >= 4 is 17.6 Å². The van der Waals surface area contributed by atoms with Crippen molar-refractivity contribution in [1.82, 2.24) is 4.90 Å². The molecule has 1 heterocycles. The first-order valence-electron chi connectivity index (χ1n) is 7.87. The third-order valence-electron chi connectivity index (χ3n) is 3.81. The standard InChI is InChI=1S/C17H24N2O5/c1-13-4-5-15-14(10-13)19(12-17(21)24-15)11-16(20)18(6-8-22-2)7-9-23-3/h4-5,10H,6-9,11-12H2,1-3H3. The number of amides is 1. The zero-order valence-electron chi connectivity index (χ0n) is 14.4. The zero-order valence-corrected chi connectivity index (χ0v) is 14.4. The molecule has 1 aliphatic rings. The number of fused-ring (bicyclic) bond motifs is 1. The molecule has 132 valence electrons. The van der Waals surface area contributed by atoms with Crippen molar-refractivity contribution in [2.24, 2.45) is 0 Å². The maximum absolute atomic E-state index is 12.6. The van der Waals surface area contributed by atoms with Crippen molar-refractivity contribution in [3.05, 3.63) is 23.8 Å². The SMILES string of the molecule is COCCN(CCOC)C(=O)CN1CC(=O)Oc2ccc(C)cc21. The van der Waals surface area contributed by atoms with Gasteiger partial charge in [-0.3, -0.25) is 4.79 Å². The molecule has 1 amide bonds. The lowest BCUT2D eigenvalue weighted by atomic mass is 10.1. The number of hydrogen-bond acceptors (Lipinski definition) is 6. The normalized spacial score (nSPS) is 13.5. The molecule has 0 spiro atoms. The number of methoxy groups -OCH3 is 2. The van der Waals surface area contributed by atoms with Crippen LogP contribution in [-0.4, -0.2) is 70.4 Å². The fraction of sp³-hybridized carbons (Fsp3) is 0.529. The summed E-state index contributed by atoms with van der Waals surface area (Å²) in [5.41, 5.74) is 1.81. The van der Waals surface area contributed by atoms with Crippen LogP contribution in [0, 0.1) is 6.92 Å². The first kappa shape index (κ1) is 18.2. The van der Waals surface area contributed by atoms with Crippen LogP contribution in [0.15, 0.2) is 18.2 Å². The van der Waals surface area contributed by atoms with Gasteiger partial charge in [0.05, 0.1) is 25.4 Å². The summed E-state index contributed by atoms with van der Waals surface area (Å²) in [6.07, 6.45) is 0. The summed E-state index contributed by atoms with van der Waals surface area (Å²) in [5.74, 6) is 0.0516. The van der Waals surface area contributed by atoms with Crippen LogP contribution in [0.5, 0.6) is 5.75 Å². The van der Waals surface area contributed by atoms with Crippen molar-refractivity contribution in [2.75, 3.05) is 58.5 Å². The lowest BCUT2D eigenvalue weighted by Gasteiger charge is -2.31. The molecule has 0 saturated carbocycles. The summed E-state index contributed by atoms with van der Waals surface area (Å²) in [4.78, 5) is 27.9. The van der Waals surface area contributed by atoms with E-state index >= 15 is 0 Å². The van der Waals surface area contributed by atoms with Crippen LogP contribution in [-0.2, 0) is 19.1 Å². The minimum atomic E-state index is -0.362. The molecule has 0 bridgehead atoms. The molecule has 0 atom stereocenters. The molecule has 0 radical (unpaired) electrons. The highest BCUT2D eigenvalue weighted by atomic mass is 16.5. The van der Waals surface area contributed by atoms with E-state index in [4.69, 9.17) is 14.2 Å². The maximum Gasteiger partial charge on any atom is 0.331 e. The highest BCUT2D eigenvalue weighted by Gasteiger charge is 2.27. The van der Waals surface area contributed by atoms with E-state index in [1.807, 2.05) is 19.1 Å². The first-order valence-corrected chi connectivity index (χ1v) is 7.87. The van der Waals surface area contributed by atoms with Crippen molar-refractivity contribution < 1.29 is 23.8 Å². The van der Waals surface area contributed by atoms with Crippen LogP contribution in [0.2, 0.25) is 0 Å². The van der Waals surface area contributed by atoms with Crippen LogP contribution in [0.4, 0.5) is 5.69 Å². The number of esters is 1. The minimum absolute atomic E-state index is 0.0601. The van der Waals surface area contributed by atoms with Crippen LogP contribution >= 0.6 is 0 Å². The number of rotatable bonds is 8. The largest absolute Gasteiger partial charge is 0.423 e. The van der Waals surface area contributed by atoms with Gasteiger partial charge in [-0.1, -0.05) is 6.07 Å². The molecule has 0 aliphatic carbocycles. The van der Waals surface area contributed by atoms with E-state index in [0.717, 1.165) is 11.3 Å². The molecule has 7 heteroatoms. The average Bonchev–Trinajstić information content (AvgIpc) is 2.55. The Hall–Kier alpha value is -2.12. The number of nitrogens with zero attached hydrogens (tertiary/aromatic N) is 2. The molecule has 2 rings (SSSR count). The van der Waals surface area contributed by atoms with Gasteiger partial charge in [-0.2, -0.15) is 0 Å². The Morgan fingerprint density at radius 1 is 1.25 bits per heavy atom. The molecular formula is C17H24N2O5. The van der Waals surface area contributed by atoms with Gasteiger partial charge in [-0.25, -0.2) is 4.79 Å². The molecule has 0 fully saturated rings. The molecule has 0 saturated heterocycles. The minimum Gasteiger partial charge on any atom is -0.423 e. The summed E-state index contributed by atoms with van der Waals surface area (Å²) in [6, 6.07) is 5.55. The smallest absolute Gasteiger partial charge is 0.331 e. The van der Waals surface area contributed by atoms with E-state index in [1.165, 1.54) is 0 Å². The maximum atomic E-state index is 12.6. The van der Waals surface area contributed by atoms with E-state index in [9.17, 15) is 9.59 Å². The summed E-state index contributed by atoms with van der Waals surface area (Å²) in [6.45, 7) is 4.00. The van der Waals surface area contributed by atoms with Gasteiger partial charge in [0.1, 0.15) is 6.54 Å². The topological polar surface area (TPSA) is 68.3 Å². The molecule has 1 aromatic carbocycles. The molecule has 1 aliphatic heterocycles. The zero-order chi connectivity index (χ0) is 17.5. The number of carbonyl (C=O) groups is 2. The van der Waals surface area contributed by atoms with E-state index in [-0.39, 0.29) is 25.0 Å². The molecule has 0 N–H and O–H groups in total. The fourth-order valence-corrected chi connectivity index (χ4v) is 2.53. The Bertz CT molecular complexity index is 582. The lowest BCUT2D eigenvalue weighted by molar-refractivity contribution is -0.134. The van der Waals surface area contributed by atoms with Crippen molar-refractivity contribution in [1.29, 1.82) is 0 Å². The predicted molar refractivity (Wildman–Crippen MR) is 89.4 cm³/mol. The quantitative estimate of drug-likeness (QED) is 0.518. The van der Waals surface area contributed by atoms with Crippen LogP contribution in [0.1, 0.15) is 5.56 Å². The highest BCUT2D eigenvalue weighted by molar-refractivity contribution is 5.89. The molecule has 0 aromatic heterocycles. The Morgan fingerprint density at radius 2 is 1.92 bits per heavy atom. The fourth-order valence-electron chi connectivity index (χ4n) is 2.53. The Balaban J connectivity index is 2.11. The Morgan fingerprint density at radius 3 is 2.54 bits per heavy atom. The number of aryl methyl sites for hydroxylation is 1. The predicted octanol–water partition coefficient (Wildman–Crippen LogP) is 0.842. The lowest BCUT2D eigenvalue weighted by Crippen LogP contribution is -2.46. The van der Waals surface area contributed by atoms with Crippen molar-refractivity contribution in [2.45, 2.75) is 6.92 Å². The molecular weight excluding hydrogens is 312 g/mol. The van der Waals surface area contributed by atoms with Gasteiger partial charge in [0, 0.05) is 27.3 Å². The summed E-state index contributed by atoms with van der Waals surface area (Å²) >= 11 is 0. The molecule has 7 nitrogen and oxygen atoms in total. The third-order valence-corrected chi connectivity index (χ3v) is 3.81. The van der Waals surface area contributed by atoms with Gasteiger partial charge in [0.25, 0.3) is 0 Å². The van der Waals surface area contributed by atoms with Crippen molar-refractivity contribution in [3.8, 4) is 5.75 Å². The monoisotopic (exact) mass is 336 g/mol. The molecule has 0 unspecified atom stereocenters. The molecule has 1 aromatic rings. The van der Waals surface area contributed by atoms with Crippen LogP contribution < -0.4 is 9.64 Å². The van der Waals surface area contributed by atoms with E-state index in [1.54, 1.807) is 30.1 Å². The second-order valence-corrected chi connectivity index (χ2v) is 5.67. The number of anilines is 1. The van der Waals surface area contributed by atoms with Gasteiger partial charge >= 0.3 is 5.97 Å². The summed E-state index contributed by atoms with van der Waals surface area (Å²) < 4.78 is 15.4. The number of carbonyl (C=O) groups excluding carboxylic acids is 2. The molecule has 24 heavy (non-hydrogen) atoms. The van der Waals surface area contributed by atoms with Crippen molar-refractivity contribution in [3.63, 3.8) is 0 Å². The third kappa shape index (κ3) is 4.69. The summed E-state index contributed by atoms with van der Waals surface area (Å²) in [7, 11) is 3.19.